The number of anilines is 2. The van der Waals surface area contributed by atoms with Crippen molar-refractivity contribution in [1.29, 1.82) is 0 Å². The molecule has 2 heterocycles. The van der Waals surface area contributed by atoms with Crippen LogP contribution in [0.4, 0.5) is 17.2 Å². The Kier molecular flexibility index (Phi) is 3.72. The van der Waals surface area contributed by atoms with Crippen molar-refractivity contribution in [1.82, 2.24) is 10.5 Å². The number of carbonyl (C=O) groups is 1. The Bertz CT molecular complexity index is 981. The van der Waals surface area contributed by atoms with Gasteiger partial charge in [0.05, 0.1) is 17.1 Å². The number of nitrogens with zero attached hydrogens (tertiary/aromatic N) is 2. The van der Waals surface area contributed by atoms with Gasteiger partial charge in [-0.3, -0.25) is 10.0 Å². The first-order chi connectivity index (χ1) is 12.3. The number of aromatic nitrogens is 1. The highest BCUT2D eigenvalue weighted by Crippen LogP contribution is 2.34. The molecule has 0 atom stereocenters. The van der Waals surface area contributed by atoms with Crippen molar-refractivity contribution in [2.75, 3.05) is 5.32 Å². The van der Waals surface area contributed by atoms with Crippen molar-refractivity contribution in [2.45, 2.75) is 0 Å². The van der Waals surface area contributed by atoms with Crippen LogP contribution in [0.1, 0.15) is 21.5 Å². The van der Waals surface area contributed by atoms with Gasteiger partial charge in [0.1, 0.15) is 5.82 Å². The molecule has 0 unspecified atom stereocenters. The number of benzene rings is 2. The van der Waals surface area contributed by atoms with Crippen LogP contribution in [0.15, 0.2) is 71.9 Å². The molecule has 1 aliphatic heterocycles. The molecular formula is C19H14N4O2. The van der Waals surface area contributed by atoms with E-state index >= 15 is 0 Å². The number of hydrogen-bond acceptors (Lipinski definition) is 5. The summed E-state index contributed by atoms with van der Waals surface area (Å²) in [5.74, 6) is 0.173. The zero-order valence-electron chi connectivity index (χ0n) is 13.1. The highest BCUT2D eigenvalue weighted by molar-refractivity contribution is 6.18. The molecule has 0 fully saturated rings. The van der Waals surface area contributed by atoms with Crippen LogP contribution in [-0.4, -0.2) is 21.8 Å². The van der Waals surface area contributed by atoms with Crippen molar-refractivity contribution in [2.24, 2.45) is 4.99 Å². The predicted molar refractivity (Wildman–Crippen MR) is 95.0 cm³/mol. The van der Waals surface area contributed by atoms with E-state index in [0.29, 0.717) is 5.56 Å². The van der Waals surface area contributed by atoms with Gasteiger partial charge in [0.2, 0.25) is 0 Å². The average molecular weight is 330 g/mol. The third-order valence-electron chi connectivity index (χ3n) is 3.97. The van der Waals surface area contributed by atoms with Gasteiger partial charge in [-0.1, -0.05) is 24.3 Å². The fourth-order valence-corrected chi connectivity index (χ4v) is 2.75. The predicted octanol–water partition coefficient (Wildman–Crippen LogP) is 3.43. The molecule has 3 aromatic rings. The summed E-state index contributed by atoms with van der Waals surface area (Å²) >= 11 is 0. The third-order valence-corrected chi connectivity index (χ3v) is 3.97. The maximum absolute atomic E-state index is 11.5. The number of hydroxylamine groups is 1. The summed E-state index contributed by atoms with van der Waals surface area (Å²) in [5.41, 5.74) is 6.17. The molecule has 4 rings (SSSR count). The van der Waals surface area contributed by atoms with E-state index in [0.717, 1.165) is 34.0 Å². The molecule has 0 radical (unpaired) electrons. The SMILES string of the molecule is O=C(NO)c1ccc(C2=Nc3ccccc3Nc3ncccc32)cc1. The summed E-state index contributed by atoms with van der Waals surface area (Å²) in [7, 11) is 0. The molecule has 1 aliphatic rings. The lowest BCUT2D eigenvalue weighted by Gasteiger charge is -2.09. The Morgan fingerprint density at radius 1 is 1.00 bits per heavy atom. The Morgan fingerprint density at radius 3 is 2.60 bits per heavy atom. The molecule has 25 heavy (non-hydrogen) atoms. The average Bonchev–Trinajstić information content (AvgIpc) is 2.84. The quantitative estimate of drug-likeness (QED) is 0.388. The van der Waals surface area contributed by atoms with Crippen LogP contribution in [0.25, 0.3) is 0 Å². The smallest absolute Gasteiger partial charge is 0.274 e. The van der Waals surface area contributed by atoms with E-state index in [2.05, 4.69) is 10.3 Å². The van der Waals surface area contributed by atoms with Gasteiger partial charge >= 0.3 is 0 Å². The highest BCUT2D eigenvalue weighted by Gasteiger charge is 2.18. The fourth-order valence-electron chi connectivity index (χ4n) is 2.75. The first-order valence-corrected chi connectivity index (χ1v) is 7.71. The fraction of sp³-hybridized carbons (Fsp3) is 0. The van der Waals surface area contributed by atoms with E-state index in [9.17, 15) is 4.79 Å². The largest absolute Gasteiger partial charge is 0.338 e. The molecule has 0 spiro atoms. The summed E-state index contributed by atoms with van der Waals surface area (Å²) in [5, 5.41) is 12.1. The van der Waals surface area contributed by atoms with E-state index < -0.39 is 5.91 Å². The summed E-state index contributed by atoms with van der Waals surface area (Å²) in [6.45, 7) is 0. The number of amides is 1. The van der Waals surface area contributed by atoms with Gasteiger partial charge in [-0.15, -0.1) is 0 Å². The summed E-state index contributed by atoms with van der Waals surface area (Å²) in [6.07, 6.45) is 1.73. The Morgan fingerprint density at radius 2 is 1.80 bits per heavy atom. The molecule has 2 aromatic carbocycles. The number of rotatable bonds is 2. The van der Waals surface area contributed by atoms with Crippen molar-refractivity contribution in [3.8, 4) is 0 Å². The number of para-hydroxylation sites is 2. The number of fused-ring (bicyclic) bond motifs is 2. The van der Waals surface area contributed by atoms with Gasteiger partial charge in [-0.2, -0.15) is 0 Å². The molecular weight excluding hydrogens is 316 g/mol. The van der Waals surface area contributed by atoms with Crippen molar-refractivity contribution >= 4 is 28.8 Å². The van der Waals surface area contributed by atoms with Gasteiger partial charge in [0.15, 0.2) is 0 Å². The zero-order valence-corrected chi connectivity index (χ0v) is 13.1. The normalized spacial score (nSPS) is 12.1. The number of aliphatic imine (C=N–C) groups is 1. The third kappa shape index (κ3) is 2.75. The molecule has 6 nitrogen and oxygen atoms in total. The lowest BCUT2D eigenvalue weighted by Crippen LogP contribution is -2.18. The molecule has 6 heteroatoms. The molecule has 3 N–H and O–H groups in total. The maximum Gasteiger partial charge on any atom is 0.274 e. The van der Waals surface area contributed by atoms with E-state index in [-0.39, 0.29) is 0 Å². The van der Waals surface area contributed by atoms with Crippen LogP contribution >= 0.6 is 0 Å². The second-order valence-corrected chi connectivity index (χ2v) is 5.52. The lowest BCUT2D eigenvalue weighted by atomic mass is 10.0. The zero-order chi connectivity index (χ0) is 17.2. The Hall–Kier alpha value is -3.51. The number of pyridine rings is 1. The van der Waals surface area contributed by atoms with Crippen LogP contribution in [0, 0.1) is 0 Å². The second-order valence-electron chi connectivity index (χ2n) is 5.52. The minimum atomic E-state index is -0.552. The minimum Gasteiger partial charge on any atom is -0.338 e. The lowest BCUT2D eigenvalue weighted by molar-refractivity contribution is 0.0706. The summed E-state index contributed by atoms with van der Waals surface area (Å²) < 4.78 is 0. The van der Waals surface area contributed by atoms with Gasteiger partial charge in [0, 0.05) is 22.9 Å². The van der Waals surface area contributed by atoms with E-state index in [1.54, 1.807) is 35.9 Å². The minimum absolute atomic E-state index is 0.366. The first-order valence-electron chi connectivity index (χ1n) is 7.71. The van der Waals surface area contributed by atoms with Crippen LogP contribution in [0.3, 0.4) is 0 Å². The molecule has 0 aliphatic carbocycles. The van der Waals surface area contributed by atoms with Crippen molar-refractivity contribution in [3.63, 3.8) is 0 Å². The first kappa shape index (κ1) is 15.0. The van der Waals surface area contributed by atoms with Gasteiger partial charge in [-0.05, 0) is 36.4 Å². The summed E-state index contributed by atoms with van der Waals surface area (Å²) in [6, 6.07) is 18.5. The molecule has 0 bridgehead atoms. The molecule has 0 saturated carbocycles. The number of nitrogens with one attached hydrogen (secondary N) is 2. The molecule has 1 aromatic heterocycles. The number of hydrogen-bond donors (Lipinski definition) is 3. The topological polar surface area (TPSA) is 86.6 Å². The molecule has 122 valence electrons. The van der Waals surface area contributed by atoms with Gasteiger partial charge < -0.3 is 5.32 Å². The van der Waals surface area contributed by atoms with Crippen LogP contribution < -0.4 is 10.8 Å². The Balaban J connectivity index is 1.87. The van der Waals surface area contributed by atoms with Gasteiger partial charge in [-0.25, -0.2) is 15.5 Å². The monoisotopic (exact) mass is 330 g/mol. The van der Waals surface area contributed by atoms with E-state index in [1.165, 1.54) is 0 Å². The van der Waals surface area contributed by atoms with Crippen molar-refractivity contribution < 1.29 is 10.0 Å². The molecule has 1 amide bonds. The van der Waals surface area contributed by atoms with Crippen LogP contribution in [-0.2, 0) is 0 Å². The van der Waals surface area contributed by atoms with Gasteiger partial charge in [0.25, 0.3) is 5.91 Å². The van der Waals surface area contributed by atoms with E-state index in [1.807, 2.05) is 36.4 Å². The van der Waals surface area contributed by atoms with Crippen molar-refractivity contribution in [3.05, 3.63) is 83.6 Å². The van der Waals surface area contributed by atoms with Crippen LogP contribution in [0.2, 0.25) is 0 Å². The van der Waals surface area contributed by atoms with Crippen LogP contribution in [0.5, 0.6) is 0 Å². The number of carbonyl (C=O) groups excluding carboxylic acids is 1. The van der Waals surface area contributed by atoms with E-state index in [4.69, 9.17) is 10.2 Å². The standard InChI is InChI=1S/C19H14N4O2/c24-19(23-25)13-9-7-12(8-10-13)17-14-4-3-11-20-18(14)22-16-6-2-1-5-15(16)21-17/h1-11,25H,(H,20,22)(H,23,24). The summed E-state index contributed by atoms with van der Waals surface area (Å²) in [4.78, 5) is 20.7. The second kappa shape index (κ2) is 6.18. The Labute approximate surface area is 143 Å². The molecule has 0 saturated heterocycles. The highest BCUT2D eigenvalue weighted by atomic mass is 16.5. The maximum atomic E-state index is 11.5.